The van der Waals surface area contributed by atoms with Crippen LogP contribution in [0.3, 0.4) is 0 Å². The van der Waals surface area contributed by atoms with Crippen LogP contribution in [0.15, 0.2) is 30.6 Å². The van der Waals surface area contributed by atoms with E-state index in [4.69, 9.17) is 0 Å². The van der Waals surface area contributed by atoms with Crippen molar-refractivity contribution in [1.29, 1.82) is 0 Å². The molecule has 2 heterocycles. The van der Waals surface area contributed by atoms with E-state index >= 15 is 0 Å². The summed E-state index contributed by atoms with van der Waals surface area (Å²) in [4.78, 5) is 14.5. The lowest BCUT2D eigenvalue weighted by Crippen LogP contribution is -2.37. The minimum atomic E-state index is 0.0529. The Kier molecular flexibility index (Phi) is 4.58. The lowest BCUT2D eigenvalue weighted by molar-refractivity contribution is 0.0708. The number of rotatable bonds is 5. The number of nitrogens with zero attached hydrogens (tertiary/aromatic N) is 3. The van der Waals surface area contributed by atoms with E-state index in [0.29, 0.717) is 5.56 Å². The number of aromatic nitrogens is 2. The molecule has 0 radical (unpaired) electrons. The van der Waals surface area contributed by atoms with Gasteiger partial charge in [-0.3, -0.25) is 4.79 Å². The third kappa shape index (κ3) is 2.97. The summed E-state index contributed by atoms with van der Waals surface area (Å²) < 4.78 is 1.73. The van der Waals surface area contributed by atoms with Crippen molar-refractivity contribution in [3.63, 3.8) is 0 Å². The first-order valence-electron chi connectivity index (χ1n) is 6.44. The average molecular weight is 324 g/mol. The number of amides is 1. The van der Waals surface area contributed by atoms with Gasteiger partial charge in [-0.15, -0.1) is 0 Å². The van der Waals surface area contributed by atoms with E-state index in [9.17, 15) is 4.79 Å². The molecule has 19 heavy (non-hydrogen) atoms. The second kappa shape index (κ2) is 6.19. The van der Waals surface area contributed by atoms with Crippen LogP contribution in [0, 0.1) is 0 Å². The van der Waals surface area contributed by atoms with Gasteiger partial charge in [0.2, 0.25) is 0 Å². The molecule has 2 aromatic rings. The molecule has 2 rings (SSSR count). The number of carbonyl (C=O) groups is 1. The Morgan fingerprint density at radius 2 is 2.26 bits per heavy atom. The molecule has 0 aliphatic carbocycles. The first-order chi connectivity index (χ1) is 9.15. The fourth-order valence-electron chi connectivity index (χ4n) is 2.08. The molecule has 0 unspecified atom stereocenters. The highest BCUT2D eigenvalue weighted by Crippen LogP contribution is 2.15. The minimum Gasteiger partial charge on any atom is -0.336 e. The average Bonchev–Trinajstić information content (AvgIpc) is 2.82. The molecule has 5 heteroatoms. The van der Waals surface area contributed by atoms with Crippen LogP contribution in [0.1, 0.15) is 30.6 Å². The van der Waals surface area contributed by atoms with E-state index in [1.807, 2.05) is 43.1 Å². The summed E-state index contributed by atoms with van der Waals surface area (Å²) >= 11 is 3.41. The summed E-state index contributed by atoms with van der Waals surface area (Å²) in [7, 11) is 0. The Bertz CT molecular complexity index is 565. The second-order valence-electron chi connectivity index (χ2n) is 4.72. The molecule has 0 aromatic carbocycles. The largest absolute Gasteiger partial charge is 0.336 e. The zero-order valence-corrected chi connectivity index (χ0v) is 12.8. The standard InChI is InChI=1S/C14H18BrN3O/c1-11(2)17(8-5-7-15)14(19)12-10-16-18-9-4-3-6-13(12)18/h3-4,6,9-11H,5,7-8H2,1-2H3. The monoisotopic (exact) mass is 323 g/mol. The molecule has 0 saturated carbocycles. The lowest BCUT2D eigenvalue weighted by Gasteiger charge is -2.26. The fraction of sp³-hybridized carbons (Fsp3) is 0.429. The molecule has 1 amide bonds. The normalized spacial score (nSPS) is 11.2. The molecule has 0 atom stereocenters. The van der Waals surface area contributed by atoms with Crippen molar-refractivity contribution in [2.24, 2.45) is 0 Å². The molecule has 2 aromatic heterocycles. The van der Waals surface area contributed by atoms with Crippen LogP contribution >= 0.6 is 15.9 Å². The van der Waals surface area contributed by atoms with Crippen LogP contribution in [-0.2, 0) is 0 Å². The van der Waals surface area contributed by atoms with E-state index in [0.717, 1.165) is 23.8 Å². The molecule has 4 nitrogen and oxygen atoms in total. The number of alkyl halides is 1. The van der Waals surface area contributed by atoms with E-state index in [1.54, 1.807) is 10.7 Å². The highest BCUT2D eigenvalue weighted by atomic mass is 79.9. The van der Waals surface area contributed by atoms with Crippen molar-refractivity contribution in [2.45, 2.75) is 26.3 Å². The molecule has 0 saturated heterocycles. The zero-order chi connectivity index (χ0) is 13.8. The third-order valence-electron chi connectivity index (χ3n) is 3.07. The Hall–Kier alpha value is -1.36. The maximum atomic E-state index is 12.6. The summed E-state index contributed by atoms with van der Waals surface area (Å²) in [5.41, 5.74) is 1.53. The van der Waals surface area contributed by atoms with Crippen LogP contribution in [0.5, 0.6) is 0 Å². The molecule has 0 fully saturated rings. The van der Waals surface area contributed by atoms with Crippen molar-refractivity contribution in [2.75, 3.05) is 11.9 Å². The van der Waals surface area contributed by atoms with Crippen molar-refractivity contribution in [1.82, 2.24) is 14.5 Å². The molecular weight excluding hydrogens is 306 g/mol. The lowest BCUT2D eigenvalue weighted by atomic mass is 10.2. The summed E-state index contributed by atoms with van der Waals surface area (Å²) in [6.45, 7) is 4.83. The zero-order valence-electron chi connectivity index (χ0n) is 11.2. The van der Waals surface area contributed by atoms with Crippen molar-refractivity contribution >= 4 is 27.4 Å². The van der Waals surface area contributed by atoms with Gasteiger partial charge < -0.3 is 4.90 Å². The van der Waals surface area contributed by atoms with Crippen LogP contribution in [0.25, 0.3) is 5.52 Å². The van der Waals surface area contributed by atoms with Crippen LogP contribution in [0.4, 0.5) is 0 Å². The van der Waals surface area contributed by atoms with E-state index < -0.39 is 0 Å². The van der Waals surface area contributed by atoms with Gasteiger partial charge >= 0.3 is 0 Å². The molecule has 0 N–H and O–H groups in total. The smallest absolute Gasteiger partial charge is 0.257 e. The molecule has 0 spiro atoms. The Morgan fingerprint density at radius 1 is 1.47 bits per heavy atom. The van der Waals surface area contributed by atoms with Gasteiger partial charge in [0.1, 0.15) is 0 Å². The predicted octanol–water partition coefficient (Wildman–Crippen LogP) is 2.97. The molecular formula is C14H18BrN3O. The van der Waals surface area contributed by atoms with Gasteiger partial charge in [-0.1, -0.05) is 22.0 Å². The van der Waals surface area contributed by atoms with E-state index in [2.05, 4.69) is 21.0 Å². The van der Waals surface area contributed by atoms with Gasteiger partial charge in [-0.2, -0.15) is 5.10 Å². The summed E-state index contributed by atoms with van der Waals surface area (Å²) in [6.07, 6.45) is 4.45. The third-order valence-corrected chi connectivity index (χ3v) is 3.63. The maximum absolute atomic E-state index is 12.6. The SMILES string of the molecule is CC(C)N(CCCBr)C(=O)c1cnn2ccccc12. The van der Waals surface area contributed by atoms with Gasteiger partial charge in [-0.25, -0.2) is 4.52 Å². The molecule has 0 aliphatic heterocycles. The van der Waals surface area contributed by atoms with E-state index in [-0.39, 0.29) is 11.9 Å². The molecule has 0 bridgehead atoms. The van der Waals surface area contributed by atoms with Crippen molar-refractivity contribution in [3.05, 3.63) is 36.2 Å². The van der Waals surface area contributed by atoms with Crippen LogP contribution in [-0.4, -0.2) is 38.3 Å². The van der Waals surface area contributed by atoms with Crippen LogP contribution < -0.4 is 0 Å². The summed E-state index contributed by atoms with van der Waals surface area (Å²) in [5.74, 6) is 0.0529. The highest BCUT2D eigenvalue weighted by Gasteiger charge is 2.21. The molecule has 102 valence electrons. The summed E-state index contributed by atoms with van der Waals surface area (Å²) in [5, 5.41) is 5.12. The summed E-state index contributed by atoms with van der Waals surface area (Å²) in [6, 6.07) is 5.93. The minimum absolute atomic E-state index is 0.0529. The maximum Gasteiger partial charge on any atom is 0.257 e. The Labute approximate surface area is 121 Å². The number of pyridine rings is 1. The number of hydrogen-bond donors (Lipinski definition) is 0. The van der Waals surface area contributed by atoms with Gasteiger partial charge in [-0.05, 0) is 32.4 Å². The van der Waals surface area contributed by atoms with E-state index in [1.165, 1.54) is 0 Å². The van der Waals surface area contributed by atoms with Gasteiger partial charge in [0.15, 0.2) is 0 Å². The fourth-order valence-corrected chi connectivity index (χ4v) is 2.33. The van der Waals surface area contributed by atoms with Gasteiger partial charge in [0.05, 0.1) is 17.3 Å². The van der Waals surface area contributed by atoms with Crippen molar-refractivity contribution in [3.8, 4) is 0 Å². The quantitative estimate of drug-likeness (QED) is 0.793. The number of hydrogen-bond acceptors (Lipinski definition) is 2. The molecule has 0 aliphatic rings. The highest BCUT2D eigenvalue weighted by molar-refractivity contribution is 9.09. The number of halogens is 1. The number of fused-ring (bicyclic) bond motifs is 1. The topological polar surface area (TPSA) is 37.6 Å². The first-order valence-corrected chi connectivity index (χ1v) is 7.56. The predicted molar refractivity (Wildman–Crippen MR) is 79.8 cm³/mol. The number of carbonyl (C=O) groups excluding carboxylic acids is 1. The van der Waals surface area contributed by atoms with Gasteiger partial charge in [0.25, 0.3) is 5.91 Å². The second-order valence-corrected chi connectivity index (χ2v) is 5.52. The van der Waals surface area contributed by atoms with Gasteiger partial charge in [0, 0.05) is 24.1 Å². The van der Waals surface area contributed by atoms with Crippen LogP contribution in [0.2, 0.25) is 0 Å². The van der Waals surface area contributed by atoms with Crippen molar-refractivity contribution < 1.29 is 4.79 Å². The first kappa shape index (κ1) is 14.1. The Morgan fingerprint density at radius 3 is 2.95 bits per heavy atom. The Balaban J connectivity index is 2.30.